The minimum atomic E-state index is 0.181. The molecule has 2 rings (SSSR count). The predicted octanol–water partition coefficient (Wildman–Crippen LogP) is 2.19. The fourth-order valence-corrected chi connectivity index (χ4v) is 1.50. The number of hydrogen-bond donors (Lipinski definition) is 0. The Morgan fingerprint density at radius 2 is 2.39 bits per heavy atom. The lowest BCUT2D eigenvalue weighted by molar-refractivity contribution is -0.110. The lowest BCUT2D eigenvalue weighted by atomic mass is 10.1. The first-order valence-corrected chi connectivity index (χ1v) is 6.24. The highest BCUT2D eigenvalue weighted by Crippen LogP contribution is 2.15. The van der Waals surface area contributed by atoms with Crippen LogP contribution in [0, 0.1) is 0 Å². The van der Waals surface area contributed by atoms with Crippen molar-refractivity contribution in [3.63, 3.8) is 0 Å². The molecule has 98 valence electrons. The summed E-state index contributed by atoms with van der Waals surface area (Å²) in [6, 6.07) is 3.89. The molecule has 0 aromatic carbocycles. The molecule has 0 aliphatic carbocycles. The number of halogens is 1. The molecule has 0 bridgehead atoms. The van der Waals surface area contributed by atoms with Gasteiger partial charge in [0.25, 0.3) is 0 Å². The third kappa shape index (κ3) is 4.93. The Kier molecular flexibility index (Phi) is 6.53. The molecule has 0 saturated carbocycles. The number of carbonyl (C=O) groups excluding carboxylic acids is 1. The standard InChI is InChI=1S/C9H9BrN2O.C3H6O2/c1-6-4-9(12-13-6)8-3-2-7(10)5-11-8;1-5-3-2-4/h2-3,5-6H,4H2,1H3;2H,3H2,1H3. The normalized spacial score (nSPS) is 17.3. The molecular formula is C12H15BrN2O3. The number of pyridine rings is 1. The zero-order valence-electron chi connectivity index (χ0n) is 10.3. The van der Waals surface area contributed by atoms with E-state index in [2.05, 4.69) is 30.8 Å². The molecular weight excluding hydrogens is 300 g/mol. The van der Waals surface area contributed by atoms with Crippen LogP contribution < -0.4 is 0 Å². The topological polar surface area (TPSA) is 60.8 Å². The Balaban J connectivity index is 0.000000280. The fourth-order valence-electron chi connectivity index (χ4n) is 1.27. The Labute approximate surface area is 114 Å². The molecule has 18 heavy (non-hydrogen) atoms. The smallest absolute Gasteiger partial charge is 0.145 e. The maximum Gasteiger partial charge on any atom is 0.145 e. The van der Waals surface area contributed by atoms with Gasteiger partial charge in [0, 0.05) is 24.2 Å². The summed E-state index contributed by atoms with van der Waals surface area (Å²) in [7, 11) is 1.48. The molecule has 1 unspecified atom stereocenters. The van der Waals surface area contributed by atoms with Crippen LogP contribution in [0.4, 0.5) is 0 Å². The minimum absolute atomic E-state index is 0.181. The minimum Gasteiger partial charge on any atom is -0.392 e. The van der Waals surface area contributed by atoms with Gasteiger partial charge >= 0.3 is 0 Å². The first-order chi connectivity index (χ1) is 8.67. The summed E-state index contributed by atoms with van der Waals surface area (Å²) in [4.78, 5) is 18.6. The fraction of sp³-hybridized carbons (Fsp3) is 0.417. The van der Waals surface area contributed by atoms with Crippen molar-refractivity contribution in [1.29, 1.82) is 0 Å². The number of aromatic nitrogens is 1. The van der Waals surface area contributed by atoms with Gasteiger partial charge in [-0.15, -0.1) is 0 Å². The van der Waals surface area contributed by atoms with Gasteiger partial charge in [0.1, 0.15) is 24.7 Å². The molecule has 0 radical (unpaired) electrons. The number of aldehydes is 1. The number of methoxy groups -OCH3 is 1. The molecule has 0 N–H and O–H groups in total. The van der Waals surface area contributed by atoms with Crippen LogP contribution in [0.5, 0.6) is 0 Å². The van der Waals surface area contributed by atoms with Crippen LogP contribution in [-0.2, 0) is 14.4 Å². The highest BCUT2D eigenvalue weighted by atomic mass is 79.9. The third-order valence-electron chi connectivity index (χ3n) is 2.08. The Morgan fingerprint density at radius 3 is 2.78 bits per heavy atom. The van der Waals surface area contributed by atoms with Crippen molar-refractivity contribution < 1.29 is 14.4 Å². The second-order valence-electron chi connectivity index (χ2n) is 3.64. The van der Waals surface area contributed by atoms with E-state index < -0.39 is 0 Å². The highest BCUT2D eigenvalue weighted by Gasteiger charge is 2.18. The molecule has 5 nitrogen and oxygen atoms in total. The van der Waals surface area contributed by atoms with Gasteiger partial charge in [0.2, 0.25) is 0 Å². The van der Waals surface area contributed by atoms with Gasteiger partial charge in [-0.05, 0) is 35.0 Å². The summed E-state index contributed by atoms with van der Waals surface area (Å²) in [5, 5.41) is 3.96. The van der Waals surface area contributed by atoms with Gasteiger partial charge in [0.15, 0.2) is 0 Å². The maximum absolute atomic E-state index is 9.28. The van der Waals surface area contributed by atoms with Crippen molar-refractivity contribution in [2.75, 3.05) is 13.7 Å². The van der Waals surface area contributed by atoms with Crippen LogP contribution in [-0.4, -0.2) is 36.8 Å². The number of rotatable bonds is 3. The highest BCUT2D eigenvalue weighted by molar-refractivity contribution is 9.10. The molecule has 0 amide bonds. The van der Waals surface area contributed by atoms with Crippen LogP contribution in [0.25, 0.3) is 0 Å². The van der Waals surface area contributed by atoms with Gasteiger partial charge in [0.05, 0.1) is 5.69 Å². The monoisotopic (exact) mass is 314 g/mol. The van der Waals surface area contributed by atoms with E-state index in [4.69, 9.17) is 4.84 Å². The molecule has 1 aliphatic heterocycles. The Morgan fingerprint density at radius 1 is 1.61 bits per heavy atom. The van der Waals surface area contributed by atoms with Crippen LogP contribution in [0.15, 0.2) is 28.0 Å². The zero-order chi connectivity index (χ0) is 13.4. The van der Waals surface area contributed by atoms with E-state index in [0.717, 1.165) is 22.3 Å². The predicted molar refractivity (Wildman–Crippen MR) is 71.6 cm³/mol. The van der Waals surface area contributed by atoms with Crippen molar-refractivity contribution in [2.45, 2.75) is 19.4 Å². The maximum atomic E-state index is 9.28. The first-order valence-electron chi connectivity index (χ1n) is 5.44. The summed E-state index contributed by atoms with van der Waals surface area (Å²) in [5.74, 6) is 0. The van der Waals surface area contributed by atoms with Gasteiger partial charge < -0.3 is 14.4 Å². The summed E-state index contributed by atoms with van der Waals surface area (Å²) in [5.41, 5.74) is 1.83. The number of ether oxygens (including phenoxy) is 1. The van der Waals surface area contributed by atoms with E-state index in [1.807, 2.05) is 19.1 Å². The van der Waals surface area contributed by atoms with Gasteiger partial charge in [-0.1, -0.05) is 5.16 Å². The molecule has 1 aromatic heterocycles. The molecule has 1 aliphatic rings. The molecule has 6 heteroatoms. The molecule has 0 saturated heterocycles. The van der Waals surface area contributed by atoms with E-state index in [0.29, 0.717) is 6.29 Å². The Bertz CT molecular complexity index is 406. The van der Waals surface area contributed by atoms with Gasteiger partial charge in [-0.25, -0.2) is 0 Å². The van der Waals surface area contributed by atoms with Crippen molar-refractivity contribution in [1.82, 2.24) is 4.98 Å². The molecule has 0 fully saturated rings. The largest absolute Gasteiger partial charge is 0.392 e. The number of nitrogens with zero attached hydrogens (tertiary/aromatic N) is 2. The van der Waals surface area contributed by atoms with E-state index in [1.165, 1.54) is 7.11 Å². The summed E-state index contributed by atoms with van der Waals surface area (Å²) < 4.78 is 5.30. The summed E-state index contributed by atoms with van der Waals surface area (Å²) in [6.07, 6.45) is 3.50. The second kappa shape index (κ2) is 7.94. The quantitative estimate of drug-likeness (QED) is 0.802. The number of hydrogen-bond acceptors (Lipinski definition) is 5. The first kappa shape index (κ1) is 14.8. The van der Waals surface area contributed by atoms with Crippen molar-refractivity contribution >= 4 is 27.9 Å². The van der Waals surface area contributed by atoms with Crippen LogP contribution in [0.3, 0.4) is 0 Å². The van der Waals surface area contributed by atoms with Crippen molar-refractivity contribution in [3.05, 3.63) is 28.5 Å². The number of oxime groups is 1. The lowest BCUT2D eigenvalue weighted by Crippen LogP contribution is -2.04. The molecule has 2 heterocycles. The van der Waals surface area contributed by atoms with Crippen LogP contribution in [0.1, 0.15) is 19.0 Å². The summed E-state index contributed by atoms with van der Waals surface area (Å²) in [6.45, 7) is 2.20. The van der Waals surface area contributed by atoms with E-state index >= 15 is 0 Å². The molecule has 0 spiro atoms. The van der Waals surface area contributed by atoms with E-state index in [1.54, 1.807) is 6.20 Å². The average molecular weight is 315 g/mol. The van der Waals surface area contributed by atoms with Gasteiger partial charge in [-0.2, -0.15) is 0 Å². The average Bonchev–Trinajstić information content (AvgIpc) is 2.79. The van der Waals surface area contributed by atoms with Gasteiger partial charge in [-0.3, -0.25) is 4.98 Å². The third-order valence-corrected chi connectivity index (χ3v) is 2.55. The van der Waals surface area contributed by atoms with E-state index in [-0.39, 0.29) is 12.7 Å². The number of carbonyl (C=O) groups is 1. The molecule has 1 aromatic rings. The zero-order valence-corrected chi connectivity index (χ0v) is 11.9. The van der Waals surface area contributed by atoms with Crippen molar-refractivity contribution in [3.8, 4) is 0 Å². The SMILES string of the molecule is CC1CC(c2ccc(Br)cn2)=NO1.COCC=O. The van der Waals surface area contributed by atoms with E-state index in [9.17, 15) is 4.79 Å². The van der Waals surface area contributed by atoms with Crippen LogP contribution >= 0.6 is 15.9 Å². The lowest BCUT2D eigenvalue weighted by Gasteiger charge is -1.97. The summed E-state index contributed by atoms with van der Waals surface area (Å²) >= 11 is 3.33. The van der Waals surface area contributed by atoms with Crippen LogP contribution in [0.2, 0.25) is 0 Å². The second-order valence-corrected chi connectivity index (χ2v) is 4.56. The molecule has 1 atom stereocenters. The van der Waals surface area contributed by atoms with Crippen molar-refractivity contribution in [2.24, 2.45) is 5.16 Å². The Hall–Kier alpha value is -1.27.